The molecule has 1 aliphatic rings. The van der Waals surface area contributed by atoms with Gasteiger partial charge in [0, 0.05) is 6.04 Å². The van der Waals surface area contributed by atoms with Crippen molar-refractivity contribution in [2.24, 2.45) is 5.73 Å². The van der Waals surface area contributed by atoms with Crippen LogP contribution in [0.25, 0.3) is 0 Å². The van der Waals surface area contributed by atoms with Gasteiger partial charge >= 0.3 is 0 Å². The Balaban J connectivity index is 2.34. The molecule has 1 nitrogen and oxygen atoms in total. The Labute approximate surface area is 85.6 Å². The minimum absolute atomic E-state index is 0.139. The highest BCUT2D eigenvalue weighted by Crippen LogP contribution is 2.29. The quantitative estimate of drug-likeness (QED) is 0.723. The van der Waals surface area contributed by atoms with Crippen LogP contribution in [-0.4, -0.2) is 0 Å². The first-order valence-corrected chi connectivity index (χ1v) is 5.30. The van der Waals surface area contributed by atoms with Gasteiger partial charge in [-0.1, -0.05) is 24.3 Å². The van der Waals surface area contributed by atoms with Crippen molar-refractivity contribution in [3.8, 4) is 0 Å². The number of aryl methyl sites for hydroxylation is 1. The van der Waals surface area contributed by atoms with E-state index in [1.807, 2.05) is 6.08 Å². The van der Waals surface area contributed by atoms with Gasteiger partial charge in [-0.3, -0.25) is 0 Å². The van der Waals surface area contributed by atoms with Crippen molar-refractivity contribution in [3.05, 3.63) is 47.5 Å². The highest BCUT2D eigenvalue weighted by atomic mass is 14.6. The predicted molar refractivity (Wildman–Crippen MR) is 60.2 cm³/mol. The lowest BCUT2D eigenvalue weighted by atomic mass is 9.96. The standard InChI is InChI=1S/C13H17N/c1-2-5-13(14)12-9-4-7-10-6-3-8-11(10)12/h2,4,7,9,13H,1,3,5-6,8,14H2/t13-/m1/s1. The lowest BCUT2D eigenvalue weighted by Gasteiger charge is -2.14. The summed E-state index contributed by atoms with van der Waals surface area (Å²) in [5.41, 5.74) is 10.4. The zero-order chi connectivity index (χ0) is 9.97. The smallest absolute Gasteiger partial charge is 0.0332 e. The molecule has 1 aromatic rings. The van der Waals surface area contributed by atoms with Gasteiger partial charge < -0.3 is 5.73 Å². The topological polar surface area (TPSA) is 26.0 Å². The second-order valence-corrected chi connectivity index (χ2v) is 3.97. The Hall–Kier alpha value is -1.08. The van der Waals surface area contributed by atoms with Crippen molar-refractivity contribution in [1.82, 2.24) is 0 Å². The molecule has 0 amide bonds. The fourth-order valence-corrected chi connectivity index (χ4v) is 2.30. The molecule has 1 aliphatic carbocycles. The predicted octanol–water partition coefficient (Wildman–Crippen LogP) is 2.75. The van der Waals surface area contributed by atoms with Gasteiger partial charge in [-0.25, -0.2) is 0 Å². The molecule has 2 rings (SSSR count). The lowest BCUT2D eigenvalue weighted by Crippen LogP contribution is -2.11. The molecule has 0 radical (unpaired) electrons. The number of hydrogen-bond acceptors (Lipinski definition) is 1. The normalized spacial score (nSPS) is 16.4. The molecular weight excluding hydrogens is 170 g/mol. The van der Waals surface area contributed by atoms with Crippen molar-refractivity contribution in [3.63, 3.8) is 0 Å². The summed E-state index contributed by atoms with van der Waals surface area (Å²) in [6, 6.07) is 6.66. The Morgan fingerprint density at radius 1 is 1.43 bits per heavy atom. The Kier molecular flexibility index (Phi) is 2.69. The SMILES string of the molecule is C=CC[C@@H](N)c1cccc2c1CCC2. The molecule has 0 spiro atoms. The third-order valence-electron chi connectivity index (χ3n) is 3.00. The van der Waals surface area contributed by atoms with Crippen LogP contribution in [0.15, 0.2) is 30.9 Å². The van der Waals surface area contributed by atoms with E-state index >= 15 is 0 Å². The van der Waals surface area contributed by atoms with Crippen LogP contribution >= 0.6 is 0 Å². The molecule has 0 saturated carbocycles. The monoisotopic (exact) mass is 187 g/mol. The number of nitrogens with two attached hydrogens (primary N) is 1. The molecule has 0 unspecified atom stereocenters. The molecule has 2 N–H and O–H groups in total. The van der Waals surface area contributed by atoms with Gasteiger partial charge in [0.1, 0.15) is 0 Å². The number of rotatable bonds is 3. The van der Waals surface area contributed by atoms with Crippen LogP contribution in [0.1, 0.15) is 35.6 Å². The molecule has 0 saturated heterocycles. The van der Waals surface area contributed by atoms with Crippen molar-refractivity contribution >= 4 is 0 Å². The van der Waals surface area contributed by atoms with E-state index in [4.69, 9.17) is 5.73 Å². The van der Waals surface area contributed by atoms with Crippen LogP contribution in [0, 0.1) is 0 Å². The Morgan fingerprint density at radius 2 is 2.29 bits per heavy atom. The fourth-order valence-electron chi connectivity index (χ4n) is 2.30. The van der Waals surface area contributed by atoms with E-state index in [2.05, 4.69) is 24.8 Å². The van der Waals surface area contributed by atoms with Gasteiger partial charge in [-0.15, -0.1) is 6.58 Å². The summed E-state index contributed by atoms with van der Waals surface area (Å²) in [4.78, 5) is 0. The van der Waals surface area contributed by atoms with E-state index in [1.165, 1.54) is 36.0 Å². The van der Waals surface area contributed by atoms with Gasteiger partial charge in [-0.05, 0) is 42.4 Å². The van der Waals surface area contributed by atoms with Crippen LogP contribution in [0.5, 0.6) is 0 Å². The Bertz CT molecular complexity index is 341. The van der Waals surface area contributed by atoms with Crippen LogP contribution in [0.4, 0.5) is 0 Å². The van der Waals surface area contributed by atoms with Gasteiger partial charge in [0.15, 0.2) is 0 Å². The summed E-state index contributed by atoms with van der Waals surface area (Å²) in [7, 11) is 0. The summed E-state index contributed by atoms with van der Waals surface area (Å²) in [6.45, 7) is 3.74. The third-order valence-corrected chi connectivity index (χ3v) is 3.00. The van der Waals surface area contributed by atoms with Crippen LogP contribution in [0.2, 0.25) is 0 Å². The average Bonchev–Trinajstić information content (AvgIpc) is 2.65. The van der Waals surface area contributed by atoms with Crippen molar-refractivity contribution in [2.45, 2.75) is 31.7 Å². The van der Waals surface area contributed by atoms with E-state index in [0.717, 1.165) is 6.42 Å². The molecule has 0 heterocycles. The van der Waals surface area contributed by atoms with Gasteiger partial charge in [-0.2, -0.15) is 0 Å². The van der Waals surface area contributed by atoms with Gasteiger partial charge in [0.2, 0.25) is 0 Å². The molecule has 1 heteroatoms. The van der Waals surface area contributed by atoms with E-state index in [1.54, 1.807) is 0 Å². The van der Waals surface area contributed by atoms with E-state index in [9.17, 15) is 0 Å². The molecule has 0 bridgehead atoms. The highest BCUT2D eigenvalue weighted by molar-refractivity contribution is 5.40. The molecule has 0 aliphatic heterocycles. The molecule has 14 heavy (non-hydrogen) atoms. The zero-order valence-corrected chi connectivity index (χ0v) is 8.50. The first-order chi connectivity index (χ1) is 6.83. The van der Waals surface area contributed by atoms with Crippen molar-refractivity contribution in [1.29, 1.82) is 0 Å². The first-order valence-electron chi connectivity index (χ1n) is 5.30. The molecule has 1 atom stereocenters. The summed E-state index contributed by atoms with van der Waals surface area (Å²) in [5.74, 6) is 0. The summed E-state index contributed by atoms with van der Waals surface area (Å²) in [6.07, 6.45) is 6.49. The van der Waals surface area contributed by atoms with Crippen molar-refractivity contribution < 1.29 is 0 Å². The second kappa shape index (κ2) is 3.97. The number of hydrogen-bond donors (Lipinski definition) is 1. The van der Waals surface area contributed by atoms with E-state index in [-0.39, 0.29) is 6.04 Å². The maximum absolute atomic E-state index is 6.11. The summed E-state index contributed by atoms with van der Waals surface area (Å²) in [5, 5.41) is 0. The largest absolute Gasteiger partial charge is 0.324 e. The molecule has 0 fully saturated rings. The van der Waals surface area contributed by atoms with Gasteiger partial charge in [0.25, 0.3) is 0 Å². The van der Waals surface area contributed by atoms with E-state index in [0.29, 0.717) is 0 Å². The fraction of sp³-hybridized carbons (Fsp3) is 0.385. The van der Waals surface area contributed by atoms with Crippen LogP contribution < -0.4 is 5.73 Å². The van der Waals surface area contributed by atoms with Gasteiger partial charge in [0.05, 0.1) is 0 Å². The van der Waals surface area contributed by atoms with Crippen LogP contribution in [0.3, 0.4) is 0 Å². The molecular formula is C13H17N. The highest BCUT2D eigenvalue weighted by Gasteiger charge is 2.17. The first kappa shape index (κ1) is 9.47. The Morgan fingerprint density at radius 3 is 3.07 bits per heavy atom. The van der Waals surface area contributed by atoms with Crippen molar-refractivity contribution in [2.75, 3.05) is 0 Å². The minimum Gasteiger partial charge on any atom is -0.324 e. The summed E-state index contributed by atoms with van der Waals surface area (Å²) < 4.78 is 0. The third kappa shape index (κ3) is 1.60. The lowest BCUT2D eigenvalue weighted by molar-refractivity contribution is 0.730. The number of fused-ring (bicyclic) bond motifs is 1. The molecule has 0 aromatic heterocycles. The average molecular weight is 187 g/mol. The zero-order valence-electron chi connectivity index (χ0n) is 8.50. The maximum Gasteiger partial charge on any atom is 0.0332 e. The summed E-state index contributed by atoms with van der Waals surface area (Å²) >= 11 is 0. The van der Waals surface area contributed by atoms with Crippen LogP contribution in [-0.2, 0) is 12.8 Å². The second-order valence-electron chi connectivity index (χ2n) is 3.97. The maximum atomic E-state index is 6.11. The molecule has 74 valence electrons. The number of benzene rings is 1. The van der Waals surface area contributed by atoms with E-state index < -0.39 is 0 Å². The molecule has 1 aromatic carbocycles. The minimum atomic E-state index is 0.139.